The van der Waals surface area contributed by atoms with Crippen molar-refractivity contribution in [2.45, 2.75) is 25.8 Å². The van der Waals surface area contributed by atoms with Crippen molar-refractivity contribution in [2.75, 3.05) is 17.9 Å². The van der Waals surface area contributed by atoms with E-state index in [0.717, 1.165) is 29.9 Å². The minimum Gasteiger partial charge on any atom is -0.324 e. The lowest BCUT2D eigenvalue weighted by Crippen LogP contribution is -2.14. The molecule has 19 heavy (non-hydrogen) atoms. The summed E-state index contributed by atoms with van der Waals surface area (Å²) < 4.78 is 3.62. The first-order chi connectivity index (χ1) is 9.21. The summed E-state index contributed by atoms with van der Waals surface area (Å²) in [5.41, 5.74) is 2.33. The van der Waals surface area contributed by atoms with Crippen LogP contribution in [0.1, 0.15) is 25.2 Å². The fourth-order valence-electron chi connectivity index (χ4n) is 2.36. The fraction of sp³-hybridized carbons (Fsp3) is 0.500. The second-order valence-electron chi connectivity index (χ2n) is 4.49. The summed E-state index contributed by atoms with van der Waals surface area (Å²) in [4.78, 5) is 4.78. The Morgan fingerprint density at radius 3 is 2.89 bits per heavy atom. The Hall–Kier alpha value is 0.0600. The van der Waals surface area contributed by atoms with Crippen LogP contribution in [0.25, 0.3) is 11.0 Å². The third kappa shape index (κ3) is 3.39. The first-order valence-corrected chi connectivity index (χ1v) is 9.43. The minimum atomic E-state index is 0.498. The molecule has 0 bridgehead atoms. The summed E-state index contributed by atoms with van der Waals surface area (Å²) in [6, 6.07) is 6.98. The van der Waals surface area contributed by atoms with Gasteiger partial charge < -0.3 is 4.57 Å². The quantitative estimate of drug-likeness (QED) is 0.508. The second kappa shape index (κ2) is 7.18. The van der Waals surface area contributed by atoms with Gasteiger partial charge in [0.25, 0.3) is 0 Å². The average molecular weight is 409 g/mol. The Bertz CT molecular complexity index is 556. The first-order valence-electron chi connectivity index (χ1n) is 6.42. The maximum atomic E-state index is 5.93. The lowest BCUT2D eigenvalue weighted by atomic mass is 10.2. The molecule has 1 heterocycles. The summed E-state index contributed by atoms with van der Waals surface area (Å²) in [7, 11) is 0. The monoisotopic (exact) mass is 408 g/mol. The molecule has 1 unspecified atom stereocenters. The molecule has 0 aliphatic carbocycles. The smallest absolute Gasteiger partial charge is 0.111 e. The molecule has 1 aromatic heterocycles. The van der Waals surface area contributed by atoms with Crippen molar-refractivity contribution >= 4 is 57.0 Å². The summed E-state index contributed by atoms with van der Waals surface area (Å²) in [6.07, 6.45) is 4.11. The highest BCUT2D eigenvalue weighted by molar-refractivity contribution is 14.1. The van der Waals surface area contributed by atoms with Crippen molar-refractivity contribution in [3.8, 4) is 0 Å². The molecule has 0 fully saturated rings. The van der Waals surface area contributed by atoms with Crippen LogP contribution in [0.4, 0.5) is 0 Å². The number of fused-ring (bicyclic) bond motifs is 1. The molecular formula is C14H18ClIN2S. The van der Waals surface area contributed by atoms with Gasteiger partial charge in [0.15, 0.2) is 0 Å². The zero-order valence-electron chi connectivity index (χ0n) is 11.2. The Balaban J connectivity index is 2.56. The topological polar surface area (TPSA) is 17.8 Å². The van der Waals surface area contributed by atoms with Crippen LogP contribution in [-0.4, -0.2) is 27.4 Å². The van der Waals surface area contributed by atoms with E-state index in [4.69, 9.17) is 16.6 Å². The zero-order chi connectivity index (χ0) is 13.8. The lowest BCUT2D eigenvalue weighted by molar-refractivity contribution is 0.533. The van der Waals surface area contributed by atoms with Crippen LogP contribution in [0.3, 0.4) is 0 Å². The van der Waals surface area contributed by atoms with E-state index >= 15 is 0 Å². The minimum absolute atomic E-state index is 0.498. The average Bonchev–Trinajstić information content (AvgIpc) is 2.73. The SMILES string of the molecule is CCC(CSC)n1c(CCCl)nc2cc(I)ccc21. The van der Waals surface area contributed by atoms with Gasteiger partial charge >= 0.3 is 0 Å². The van der Waals surface area contributed by atoms with Gasteiger partial charge in [-0.2, -0.15) is 11.8 Å². The molecule has 2 aromatic rings. The number of hydrogen-bond donors (Lipinski definition) is 0. The number of aromatic nitrogens is 2. The summed E-state index contributed by atoms with van der Waals surface area (Å²) in [6.45, 7) is 2.24. The summed E-state index contributed by atoms with van der Waals surface area (Å²) >= 11 is 10.2. The number of aryl methyl sites for hydroxylation is 1. The van der Waals surface area contributed by atoms with E-state index in [1.54, 1.807) is 0 Å². The summed E-state index contributed by atoms with van der Waals surface area (Å²) in [5, 5.41) is 0. The molecule has 0 amide bonds. The van der Waals surface area contributed by atoms with Crippen molar-refractivity contribution in [1.82, 2.24) is 9.55 Å². The molecule has 0 N–H and O–H groups in total. The van der Waals surface area contributed by atoms with Crippen molar-refractivity contribution in [3.63, 3.8) is 0 Å². The van der Waals surface area contributed by atoms with Crippen LogP contribution in [-0.2, 0) is 6.42 Å². The normalized spacial score (nSPS) is 13.1. The van der Waals surface area contributed by atoms with E-state index in [0.29, 0.717) is 11.9 Å². The van der Waals surface area contributed by atoms with Gasteiger partial charge in [0.2, 0.25) is 0 Å². The maximum absolute atomic E-state index is 5.93. The molecule has 0 saturated carbocycles. The Labute approximate surface area is 137 Å². The van der Waals surface area contributed by atoms with E-state index < -0.39 is 0 Å². The van der Waals surface area contributed by atoms with E-state index in [9.17, 15) is 0 Å². The van der Waals surface area contributed by atoms with Crippen LogP contribution in [0.2, 0.25) is 0 Å². The third-order valence-electron chi connectivity index (χ3n) is 3.24. The van der Waals surface area contributed by atoms with E-state index in [1.165, 1.54) is 9.09 Å². The van der Waals surface area contributed by atoms with E-state index in [1.807, 2.05) is 11.8 Å². The number of imidazole rings is 1. The fourth-order valence-corrected chi connectivity index (χ4v) is 3.77. The molecule has 2 nitrogen and oxygen atoms in total. The second-order valence-corrected chi connectivity index (χ2v) is 7.02. The number of rotatable bonds is 6. The standard InChI is InChI=1S/C14H18ClIN2S/c1-3-11(9-19-2)18-13-5-4-10(16)8-12(13)17-14(18)6-7-15/h4-5,8,11H,3,6-7,9H2,1-2H3. The van der Waals surface area contributed by atoms with Gasteiger partial charge in [-0.05, 0) is 53.5 Å². The zero-order valence-corrected chi connectivity index (χ0v) is 14.9. The molecule has 2 rings (SSSR count). The molecule has 0 aliphatic heterocycles. The summed E-state index contributed by atoms with van der Waals surface area (Å²) in [5.74, 6) is 2.85. The molecule has 1 aromatic carbocycles. The molecule has 104 valence electrons. The molecule has 0 aliphatic rings. The van der Waals surface area contributed by atoms with Gasteiger partial charge in [-0.25, -0.2) is 4.98 Å². The number of alkyl halides is 1. The number of thioether (sulfide) groups is 1. The van der Waals surface area contributed by atoms with Crippen molar-refractivity contribution in [1.29, 1.82) is 0 Å². The van der Waals surface area contributed by atoms with Crippen molar-refractivity contribution < 1.29 is 0 Å². The van der Waals surface area contributed by atoms with Crippen molar-refractivity contribution in [2.24, 2.45) is 0 Å². The van der Waals surface area contributed by atoms with Gasteiger partial charge in [0.05, 0.1) is 11.0 Å². The van der Waals surface area contributed by atoms with Crippen LogP contribution in [0.15, 0.2) is 18.2 Å². The number of nitrogens with zero attached hydrogens (tertiary/aromatic N) is 2. The highest BCUT2D eigenvalue weighted by Gasteiger charge is 2.17. The molecule has 0 saturated heterocycles. The van der Waals surface area contributed by atoms with Crippen LogP contribution < -0.4 is 0 Å². The Kier molecular flexibility index (Phi) is 5.84. The highest BCUT2D eigenvalue weighted by Crippen LogP contribution is 2.27. The number of hydrogen-bond acceptors (Lipinski definition) is 2. The first kappa shape index (κ1) is 15.4. The van der Waals surface area contributed by atoms with E-state index in [2.05, 4.69) is 58.5 Å². The van der Waals surface area contributed by atoms with Gasteiger partial charge in [0, 0.05) is 27.7 Å². The van der Waals surface area contributed by atoms with Crippen LogP contribution in [0, 0.1) is 3.57 Å². The predicted molar refractivity (Wildman–Crippen MR) is 94.6 cm³/mol. The third-order valence-corrected chi connectivity index (χ3v) is 4.82. The number of benzene rings is 1. The van der Waals surface area contributed by atoms with Gasteiger partial charge in [-0.3, -0.25) is 0 Å². The van der Waals surface area contributed by atoms with Crippen LogP contribution >= 0.6 is 46.0 Å². The van der Waals surface area contributed by atoms with Gasteiger partial charge in [-0.15, -0.1) is 11.6 Å². The van der Waals surface area contributed by atoms with Crippen LogP contribution in [0.5, 0.6) is 0 Å². The van der Waals surface area contributed by atoms with Gasteiger partial charge in [0.1, 0.15) is 5.82 Å². The molecule has 0 radical (unpaired) electrons. The Morgan fingerprint density at radius 2 is 2.26 bits per heavy atom. The highest BCUT2D eigenvalue weighted by atomic mass is 127. The number of halogens is 2. The molecule has 1 atom stereocenters. The van der Waals surface area contributed by atoms with E-state index in [-0.39, 0.29) is 0 Å². The lowest BCUT2D eigenvalue weighted by Gasteiger charge is -2.19. The van der Waals surface area contributed by atoms with Crippen molar-refractivity contribution in [3.05, 3.63) is 27.6 Å². The maximum Gasteiger partial charge on any atom is 0.111 e. The molecular weight excluding hydrogens is 391 g/mol. The Morgan fingerprint density at radius 1 is 1.47 bits per heavy atom. The molecule has 0 spiro atoms. The van der Waals surface area contributed by atoms with Gasteiger partial charge in [-0.1, -0.05) is 6.92 Å². The largest absolute Gasteiger partial charge is 0.324 e. The predicted octanol–water partition coefficient (Wildman–Crippen LogP) is 4.74. The molecule has 5 heteroatoms.